The number of unbranched alkanes of at least 4 members (excludes halogenated alkanes) is 4. The summed E-state index contributed by atoms with van der Waals surface area (Å²) in [5, 5.41) is 19.5. The summed E-state index contributed by atoms with van der Waals surface area (Å²) in [7, 11) is 0. The van der Waals surface area contributed by atoms with E-state index in [1.807, 2.05) is 48.5 Å². The molecule has 1 aromatic heterocycles. The Morgan fingerprint density at radius 1 is 1.03 bits per heavy atom. The third-order valence-electron chi connectivity index (χ3n) is 5.54. The van der Waals surface area contributed by atoms with Crippen molar-refractivity contribution in [1.29, 1.82) is 0 Å². The highest BCUT2D eigenvalue weighted by Crippen LogP contribution is 2.29. The normalized spacial score (nSPS) is 12.0. The van der Waals surface area contributed by atoms with E-state index in [9.17, 15) is 19.8 Å². The van der Waals surface area contributed by atoms with Crippen molar-refractivity contribution >= 4 is 17.3 Å². The lowest BCUT2D eigenvalue weighted by atomic mass is 9.90. The molecule has 1 unspecified atom stereocenters. The molecule has 0 fully saturated rings. The van der Waals surface area contributed by atoms with Crippen molar-refractivity contribution in [1.82, 2.24) is 4.98 Å². The van der Waals surface area contributed by atoms with Gasteiger partial charge in [-0.3, -0.25) is 14.6 Å². The summed E-state index contributed by atoms with van der Waals surface area (Å²) in [5.41, 5.74) is 3.81. The molecule has 0 saturated heterocycles. The predicted octanol–water partition coefficient (Wildman–Crippen LogP) is 5.93. The summed E-state index contributed by atoms with van der Waals surface area (Å²) in [6.07, 6.45) is 6.67. The molecule has 2 aromatic carbocycles. The second-order valence-electron chi connectivity index (χ2n) is 7.88. The Kier molecular flexibility index (Phi) is 8.06. The maximum atomic E-state index is 11.9. The number of aliphatic carboxylic acids is 1. The first-order chi connectivity index (χ1) is 15.0. The molecular weight excluding hydrogens is 410 g/mol. The number of aromatic nitrogens is 1. The number of H-pyrrole nitrogens is 1. The van der Waals surface area contributed by atoms with Crippen LogP contribution >= 0.6 is 11.3 Å². The standard InChI is InChI=1S/C25H29NO4S/c1-2-3-4-5-6-10-21(24(28)29)20-9-7-8-19(16-20)18-13-11-17(12-14-18)15-22-23(27)26-25(30)31-22/h7-9,11-14,16,21,27H,2-6,10,15H2,1H3,(H,26,30)(H,28,29). The summed E-state index contributed by atoms with van der Waals surface area (Å²) < 4.78 is 0. The zero-order chi connectivity index (χ0) is 22.2. The van der Waals surface area contributed by atoms with Crippen LogP contribution in [0.3, 0.4) is 0 Å². The highest BCUT2D eigenvalue weighted by atomic mass is 32.1. The molecule has 0 aliphatic heterocycles. The molecule has 1 heterocycles. The number of carboxylic acids is 1. The Balaban J connectivity index is 1.71. The first-order valence-electron chi connectivity index (χ1n) is 10.8. The van der Waals surface area contributed by atoms with Crippen molar-refractivity contribution in [2.45, 2.75) is 57.8 Å². The molecule has 6 heteroatoms. The Labute approximate surface area is 186 Å². The molecule has 0 radical (unpaired) electrons. The molecule has 0 aliphatic carbocycles. The zero-order valence-electron chi connectivity index (χ0n) is 17.8. The monoisotopic (exact) mass is 439 g/mol. The topological polar surface area (TPSA) is 90.4 Å². The van der Waals surface area contributed by atoms with Gasteiger partial charge in [0, 0.05) is 6.42 Å². The summed E-state index contributed by atoms with van der Waals surface area (Å²) >= 11 is 1.01. The lowest BCUT2D eigenvalue weighted by molar-refractivity contribution is -0.139. The van der Waals surface area contributed by atoms with Crippen LogP contribution in [0, 0.1) is 0 Å². The highest BCUT2D eigenvalue weighted by molar-refractivity contribution is 7.09. The van der Waals surface area contributed by atoms with Crippen LogP contribution in [-0.2, 0) is 11.2 Å². The minimum Gasteiger partial charge on any atom is -0.494 e. The van der Waals surface area contributed by atoms with E-state index in [4.69, 9.17) is 0 Å². The van der Waals surface area contributed by atoms with Crippen LogP contribution in [0.4, 0.5) is 0 Å². The van der Waals surface area contributed by atoms with Crippen LogP contribution in [0.1, 0.15) is 67.4 Å². The molecule has 31 heavy (non-hydrogen) atoms. The summed E-state index contributed by atoms with van der Waals surface area (Å²) in [6.45, 7) is 2.17. The average Bonchev–Trinajstić information content (AvgIpc) is 3.07. The largest absolute Gasteiger partial charge is 0.494 e. The fraction of sp³-hybridized carbons (Fsp3) is 0.360. The van der Waals surface area contributed by atoms with Crippen molar-refractivity contribution in [3.8, 4) is 17.0 Å². The SMILES string of the molecule is CCCCCCCC(C(=O)O)c1cccc(-c2ccc(Cc3sc(=O)[nH]c3O)cc2)c1. The van der Waals surface area contributed by atoms with Crippen LogP contribution in [0.5, 0.6) is 5.88 Å². The van der Waals surface area contributed by atoms with Crippen molar-refractivity contribution in [3.05, 3.63) is 74.2 Å². The maximum Gasteiger partial charge on any atom is 0.310 e. The summed E-state index contributed by atoms with van der Waals surface area (Å²) in [6, 6.07) is 15.7. The molecule has 0 aliphatic rings. The molecule has 0 bridgehead atoms. The van der Waals surface area contributed by atoms with Crippen molar-refractivity contribution in [3.63, 3.8) is 0 Å². The molecule has 3 N–H and O–H groups in total. The Morgan fingerprint density at radius 2 is 1.77 bits per heavy atom. The van der Waals surface area contributed by atoms with Gasteiger partial charge in [-0.25, -0.2) is 0 Å². The molecule has 3 aromatic rings. The van der Waals surface area contributed by atoms with Crippen molar-refractivity contribution in [2.24, 2.45) is 0 Å². The van der Waals surface area contributed by atoms with Gasteiger partial charge >= 0.3 is 10.8 Å². The van der Waals surface area contributed by atoms with Gasteiger partial charge in [-0.2, -0.15) is 0 Å². The molecule has 5 nitrogen and oxygen atoms in total. The second kappa shape index (κ2) is 11.0. The number of aromatic amines is 1. The third-order valence-corrected chi connectivity index (χ3v) is 6.41. The van der Waals surface area contributed by atoms with Gasteiger partial charge in [0.2, 0.25) is 5.88 Å². The minimum atomic E-state index is -0.770. The number of aromatic hydroxyl groups is 1. The minimum absolute atomic E-state index is 0.0683. The van der Waals surface area contributed by atoms with Gasteiger partial charge < -0.3 is 10.2 Å². The number of hydrogen-bond acceptors (Lipinski definition) is 4. The number of hydrogen-bond donors (Lipinski definition) is 3. The quantitative estimate of drug-likeness (QED) is 0.323. The van der Waals surface area contributed by atoms with E-state index in [2.05, 4.69) is 11.9 Å². The summed E-state index contributed by atoms with van der Waals surface area (Å²) in [5.74, 6) is -1.32. The maximum absolute atomic E-state index is 11.9. The smallest absolute Gasteiger partial charge is 0.310 e. The lowest BCUT2D eigenvalue weighted by Crippen LogP contribution is -2.11. The van der Waals surface area contributed by atoms with Crippen LogP contribution < -0.4 is 4.87 Å². The lowest BCUT2D eigenvalue weighted by Gasteiger charge is -2.14. The van der Waals surface area contributed by atoms with Gasteiger partial charge in [0.1, 0.15) is 0 Å². The van der Waals surface area contributed by atoms with Crippen LogP contribution in [0.15, 0.2) is 53.3 Å². The number of nitrogens with one attached hydrogen (secondary N) is 1. The van der Waals surface area contributed by atoms with Crippen LogP contribution in [-0.4, -0.2) is 21.2 Å². The van der Waals surface area contributed by atoms with E-state index in [0.717, 1.165) is 52.9 Å². The second-order valence-corrected chi connectivity index (χ2v) is 8.95. The van der Waals surface area contributed by atoms with Crippen LogP contribution in [0.2, 0.25) is 0 Å². The number of carbonyl (C=O) groups is 1. The molecular formula is C25H29NO4S. The van der Waals surface area contributed by atoms with E-state index in [-0.39, 0.29) is 10.8 Å². The number of rotatable bonds is 11. The molecule has 3 rings (SSSR count). The van der Waals surface area contributed by atoms with E-state index < -0.39 is 11.9 Å². The molecule has 0 saturated carbocycles. The number of thiazole rings is 1. The average molecular weight is 440 g/mol. The summed E-state index contributed by atoms with van der Waals surface area (Å²) in [4.78, 5) is 26.0. The first kappa shape index (κ1) is 22.8. The van der Waals surface area contributed by atoms with E-state index in [1.54, 1.807) is 0 Å². The number of carboxylic acid groups (broad SMARTS) is 1. The Bertz CT molecular complexity index is 1050. The molecule has 0 spiro atoms. The fourth-order valence-corrected chi connectivity index (χ4v) is 4.55. The first-order valence-corrected chi connectivity index (χ1v) is 11.6. The van der Waals surface area contributed by atoms with Gasteiger partial charge in [0.05, 0.1) is 10.8 Å². The highest BCUT2D eigenvalue weighted by Gasteiger charge is 2.19. The fourth-order valence-electron chi connectivity index (χ4n) is 3.79. The van der Waals surface area contributed by atoms with Gasteiger partial charge in [-0.05, 0) is 28.7 Å². The van der Waals surface area contributed by atoms with E-state index in [1.165, 1.54) is 12.8 Å². The van der Waals surface area contributed by atoms with Gasteiger partial charge in [0.15, 0.2) is 0 Å². The van der Waals surface area contributed by atoms with Gasteiger partial charge in [-0.1, -0.05) is 98.9 Å². The molecule has 164 valence electrons. The Morgan fingerprint density at radius 3 is 2.42 bits per heavy atom. The van der Waals surface area contributed by atoms with E-state index in [0.29, 0.717) is 17.7 Å². The van der Waals surface area contributed by atoms with Crippen molar-refractivity contribution in [2.75, 3.05) is 0 Å². The van der Waals surface area contributed by atoms with Gasteiger partial charge in [0.25, 0.3) is 0 Å². The van der Waals surface area contributed by atoms with Crippen LogP contribution in [0.25, 0.3) is 11.1 Å². The number of benzene rings is 2. The van der Waals surface area contributed by atoms with Crippen molar-refractivity contribution < 1.29 is 15.0 Å². The van der Waals surface area contributed by atoms with Gasteiger partial charge in [-0.15, -0.1) is 0 Å². The molecule has 0 amide bonds. The van der Waals surface area contributed by atoms with E-state index >= 15 is 0 Å². The predicted molar refractivity (Wildman–Crippen MR) is 125 cm³/mol. The zero-order valence-corrected chi connectivity index (χ0v) is 18.6. The molecule has 1 atom stereocenters. The third kappa shape index (κ3) is 6.31. The Hall–Kier alpha value is -2.86.